The van der Waals surface area contributed by atoms with Crippen LogP contribution in [0.4, 0.5) is 4.79 Å². The number of rotatable bonds is 4. The maximum absolute atomic E-state index is 12.7. The van der Waals surface area contributed by atoms with Crippen molar-refractivity contribution in [3.05, 3.63) is 35.4 Å². The third-order valence-electron chi connectivity index (χ3n) is 4.05. The lowest BCUT2D eigenvalue weighted by Crippen LogP contribution is -2.53. The van der Waals surface area contributed by atoms with E-state index in [4.69, 9.17) is 9.29 Å². The van der Waals surface area contributed by atoms with Crippen LogP contribution >= 0.6 is 11.8 Å². The van der Waals surface area contributed by atoms with Crippen LogP contribution in [0.3, 0.4) is 0 Å². The van der Waals surface area contributed by atoms with Gasteiger partial charge in [-0.15, -0.1) is 16.0 Å². The van der Waals surface area contributed by atoms with Crippen LogP contribution in [-0.2, 0) is 29.1 Å². The van der Waals surface area contributed by atoms with E-state index in [2.05, 4.69) is 4.28 Å². The van der Waals surface area contributed by atoms with E-state index in [0.717, 1.165) is 11.8 Å². The smallest absolute Gasteiger partial charge is 0.418 e. The molecule has 2 aliphatic rings. The number of thioether (sulfide) groups is 1. The number of fused-ring (bicyclic) bond motifs is 4. The largest absolute Gasteiger partial charge is 0.466 e. The van der Waals surface area contributed by atoms with E-state index in [-0.39, 0.29) is 6.54 Å². The second kappa shape index (κ2) is 5.62. The lowest BCUT2D eigenvalue weighted by Gasteiger charge is -2.40. The zero-order valence-electron chi connectivity index (χ0n) is 12.7. The highest BCUT2D eigenvalue weighted by molar-refractivity contribution is 8.00. The summed E-state index contributed by atoms with van der Waals surface area (Å²) in [6.07, 6.45) is 1.65. The molecule has 2 heterocycles. The SMILES string of the molecule is COC(=O)C1(SC)c2ccccc2C2CN1C(=O)N2OS(=O)(=O)O. The molecule has 24 heavy (non-hydrogen) atoms. The third-order valence-corrected chi connectivity index (χ3v) is 5.60. The summed E-state index contributed by atoms with van der Waals surface area (Å²) in [4.78, 5) is 24.9. The number of carbonyl (C=O) groups excluding carboxylic acids is 2. The fourth-order valence-corrected chi connectivity index (χ4v) is 4.55. The molecule has 2 amide bonds. The monoisotopic (exact) mass is 374 g/mol. The Labute approximate surface area is 142 Å². The Morgan fingerprint density at radius 1 is 1.42 bits per heavy atom. The Balaban J connectivity index is 2.22. The minimum absolute atomic E-state index is 0.0152. The molecule has 2 unspecified atom stereocenters. The van der Waals surface area contributed by atoms with Gasteiger partial charge in [-0.2, -0.15) is 13.5 Å². The van der Waals surface area contributed by atoms with Gasteiger partial charge in [-0.3, -0.25) is 9.45 Å². The summed E-state index contributed by atoms with van der Waals surface area (Å²) >= 11 is 1.09. The van der Waals surface area contributed by atoms with Crippen molar-refractivity contribution in [1.82, 2.24) is 9.96 Å². The van der Waals surface area contributed by atoms with Crippen molar-refractivity contribution in [1.29, 1.82) is 0 Å². The van der Waals surface area contributed by atoms with Crippen molar-refractivity contribution in [2.45, 2.75) is 10.9 Å². The van der Waals surface area contributed by atoms with Gasteiger partial charge in [0.25, 0.3) is 0 Å². The van der Waals surface area contributed by atoms with Crippen molar-refractivity contribution < 1.29 is 31.6 Å². The first kappa shape index (κ1) is 17.0. The van der Waals surface area contributed by atoms with E-state index >= 15 is 0 Å². The van der Waals surface area contributed by atoms with Crippen LogP contribution in [0.5, 0.6) is 0 Å². The number of methoxy groups -OCH3 is 1. The molecule has 130 valence electrons. The normalized spacial score (nSPS) is 25.6. The minimum Gasteiger partial charge on any atom is -0.466 e. The van der Waals surface area contributed by atoms with Gasteiger partial charge in [0.1, 0.15) is 6.04 Å². The first-order valence-corrected chi connectivity index (χ1v) is 9.36. The van der Waals surface area contributed by atoms with Crippen molar-refractivity contribution >= 4 is 34.2 Å². The van der Waals surface area contributed by atoms with Crippen LogP contribution in [-0.4, -0.2) is 54.8 Å². The number of esters is 1. The molecule has 2 bridgehead atoms. The summed E-state index contributed by atoms with van der Waals surface area (Å²) in [5.41, 5.74) is 1.05. The van der Waals surface area contributed by atoms with Gasteiger partial charge in [0, 0.05) is 5.56 Å². The van der Waals surface area contributed by atoms with Crippen LogP contribution in [0.25, 0.3) is 0 Å². The van der Waals surface area contributed by atoms with Gasteiger partial charge in [0.2, 0.25) is 4.87 Å². The van der Waals surface area contributed by atoms with E-state index in [1.807, 2.05) is 0 Å². The second-order valence-electron chi connectivity index (χ2n) is 5.16. The molecule has 0 aliphatic carbocycles. The standard InChI is InChI=1S/C13H14N2O7S2/c1-21-11(16)13(23-2)9-6-4-3-5-8(9)10-7-14(13)12(17)15(10)22-24(18,19)20/h3-6,10H,7H2,1-2H3,(H,18,19,20). The van der Waals surface area contributed by atoms with E-state index in [1.54, 1.807) is 30.5 Å². The van der Waals surface area contributed by atoms with Gasteiger partial charge >= 0.3 is 22.4 Å². The maximum atomic E-state index is 12.7. The molecular weight excluding hydrogens is 360 g/mol. The second-order valence-corrected chi connectivity index (χ2v) is 7.17. The van der Waals surface area contributed by atoms with E-state index in [9.17, 15) is 18.0 Å². The number of carbonyl (C=O) groups is 2. The molecule has 1 aromatic carbocycles. The highest BCUT2D eigenvalue weighted by Crippen LogP contribution is 2.52. The molecule has 9 nitrogen and oxygen atoms in total. The third kappa shape index (κ3) is 2.27. The molecule has 3 rings (SSSR count). The molecule has 2 aliphatic heterocycles. The summed E-state index contributed by atoms with van der Waals surface area (Å²) in [5, 5.41) is 0.565. The van der Waals surface area contributed by atoms with Crippen molar-refractivity contribution in [2.24, 2.45) is 0 Å². The molecule has 2 atom stereocenters. The lowest BCUT2D eigenvalue weighted by atomic mass is 9.90. The van der Waals surface area contributed by atoms with Crippen LogP contribution in [0, 0.1) is 0 Å². The number of benzene rings is 1. The predicted molar refractivity (Wildman–Crippen MR) is 83.0 cm³/mol. The summed E-state index contributed by atoms with van der Waals surface area (Å²) < 4.78 is 40.4. The number of nitrogens with zero attached hydrogens (tertiary/aromatic N) is 2. The Morgan fingerprint density at radius 3 is 2.67 bits per heavy atom. The maximum Gasteiger partial charge on any atom is 0.418 e. The molecule has 0 radical (unpaired) electrons. The number of ether oxygens (including phenoxy) is 1. The zero-order valence-corrected chi connectivity index (χ0v) is 14.3. The van der Waals surface area contributed by atoms with Crippen LogP contribution in [0.2, 0.25) is 0 Å². The summed E-state index contributed by atoms with van der Waals surface area (Å²) in [6.45, 7) is 0.0152. The van der Waals surface area contributed by atoms with Crippen molar-refractivity contribution in [3.63, 3.8) is 0 Å². The number of hydrogen-bond acceptors (Lipinski definition) is 7. The van der Waals surface area contributed by atoms with Crippen LogP contribution < -0.4 is 0 Å². The zero-order chi connectivity index (χ0) is 17.7. The topological polar surface area (TPSA) is 113 Å². The molecule has 1 aromatic rings. The van der Waals surface area contributed by atoms with Crippen LogP contribution in [0.15, 0.2) is 24.3 Å². The van der Waals surface area contributed by atoms with Crippen LogP contribution in [0.1, 0.15) is 17.2 Å². The molecule has 11 heteroatoms. The van der Waals surface area contributed by atoms with Gasteiger partial charge in [0.05, 0.1) is 13.7 Å². The first-order valence-electron chi connectivity index (χ1n) is 6.77. The predicted octanol–water partition coefficient (Wildman–Crippen LogP) is 0.902. The van der Waals surface area contributed by atoms with E-state index in [0.29, 0.717) is 16.2 Å². The fourth-order valence-electron chi connectivity index (χ4n) is 3.15. The molecule has 0 aromatic heterocycles. The fraction of sp³-hybridized carbons (Fsp3) is 0.385. The molecule has 1 N–H and O–H groups in total. The van der Waals surface area contributed by atoms with Gasteiger partial charge in [0.15, 0.2) is 0 Å². The first-order chi connectivity index (χ1) is 11.3. The Bertz CT molecular complexity index is 812. The molecule has 0 spiro atoms. The van der Waals surface area contributed by atoms with E-state index in [1.165, 1.54) is 12.0 Å². The van der Waals surface area contributed by atoms with E-state index < -0.39 is 33.3 Å². The van der Waals surface area contributed by atoms with Gasteiger partial charge in [-0.1, -0.05) is 24.3 Å². The molecule has 1 fully saturated rings. The van der Waals surface area contributed by atoms with Crippen molar-refractivity contribution in [3.8, 4) is 0 Å². The molecule has 1 saturated heterocycles. The summed E-state index contributed by atoms with van der Waals surface area (Å²) in [5.74, 6) is -0.664. The average Bonchev–Trinajstić information content (AvgIpc) is 2.82. The number of hydroxylamine groups is 2. The Kier molecular flexibility index (Phi) is 3.98. The Hall–Kier alpha value is -1.82. The number of hydrogen-bond donors (Lipinski definition) is 1. The highest BCUT2D eigenvalue weighted by Gasteiger charge is 2.61. The molecule has 0 saturated carbocycles. The number of amides is 2. The molecular formula is C13H14N2O7S2. The van der Waals surface area contributed by atoms with Gasteiger partial charge < -0.3 is 4.74 Å². The van der Waals surface area contributed by atoms with Gasteiger partial charge in [-0.25, -0.2) is 9.59 Å². The highest BCUT2D eigenvalue weighted by atomic mass is 32.3. The number of urea groups is 1. The minimum atomic E-state index is -4.90. The van der Waals surface area contributed by atoms with Crippen molar-refractivity contribution in [2.75, 3.05) is 19.9 Å². The quantitative estimate of drug-likeness (QED) is 0.611. The lowest BCUT2D eigenvalue weighted by molar-refractivity contribution is -0.148. The Morgan fingerprint density at radius 2 is 2.08 bits per heavy atom. The summed E-state index contributed by atoms with van der Waals surface area (Å²) in [7, 11) is -3.69. The summed E-state index contributed by atoms with van der Waals surface area (Å²) in [6, 6.07) is 5.12. The van der Waals surface area contributed by atoms with Gasteiger partial charge in [-0.05, 0) is 11.8 Å². The average molecular weight is 374 g/mol.